The third-order valence-corrected chi connectivity index (χ3v) is 3.13. The minimum atomic E-state index is 0.465. The van der Waals surface area contributed by atoms with Gasteiger partial charge in [0.2, 0.25) is 5.95 Å². The Morgan fingerprint density at radius 1 is 1.38 bits per heavy atom. The SMILES string of the molecule is CC(C)c1ccnc(N2CC(N(C)C)C2)n1. The first-order chi connectivity index (χ1) is 7.58. The van der Waals surface area contributed by atoms with Crippen LogP contribution in [0.4, 0.5) is 5.95 Å². The number of hydrogen-bond donors (Lipinski definition) is 0. The average molecular weight is 220 g/mol. The molecule has 0 bridgehead atoms. The smallest absolute Gasteiger partial charge is 0.225 e. The molecule has 2 rings (SSSR count). The molecule has 4 nitrogen and oxygen atoms in total. The lowest BCUT2D eigenvalue weighted by Crippen LogP contribution is -2.58. The van der Waals surface area contributed by atoms with E-state index < -0.39 is 0 Å². The van der Waals surface area contributed by atoms with E-state index in [0.717, 1.165) is 24.7 Å². The second-order valence-electron chi connectivity index (χ2n) is 4.96. The highest BCUT2D eigenvalue weighted by molar-refractivity contribution is 5.36. The van der Waals surface area contributed by atoms with Crippen molar-refractivity contribution < 1.29 is 0 Å². The van der Waals surface area contributed by atoms with Crippen molar-refractivity contribution >= 4 is 5.95 Å². The number of nitrogens with zero attached hydrogens (tertiary/aromatic N) is 4. The van der Waals surface area contributed by atoms with Crippen molar-refractivity contribution in [3.05, 3.63) is 18.0 Å². The van der Waals surface area contributed by atoms with Crippen LogP contribution >= 0.6 is 0 Å². The maximum atomic E-state index is 4.58. The first kappa shape index (κ1) is 11.3. The Balaban J connectivity index is 2.03. The molecule has 0 unspecified atom stereocenters. The van der Waals surface area contributed by atoms with E-state index in [0.29, 0.717) is 12.0 Å². The van der Waals surface area contributed by atoms with E-state index >= 15 is 0 Å². The molecule has 1 aromatic heterocycles. The van der Waals surface area contributed by atoms with Crippen LogP contribution in [0.1, 0.15) is 25.5 Å². The number of likely N-dealkylation sites (N-methyl/N-ethyl adjacent to an activating group) is 1. The van der Waals surface area contributed by atoms with Gasteiger partial charge in [-0.25, -0.2) is 9.97 Å². The van der Waals surface area contributed by atoms with Crippen LogP contribution in [-0.2, 0) is 0 Å². The lowest BCUT2D eigenvalue weighted by molar-refractivity contribution is 0.245. The molecule has 1 aliphatic heterocycles. The minimum absolute atomic E-state index is 0.465. The molecule has 0 spiro atoms. The Kier molecular flexibility index (Phi) is 3.10. The summed E-state index contributed by atoms with van der Waals surface area (Å²) in [5.41, 5.74) is 1.12. The van der Waals surface area contributed by atoms with Crippen LogP contribution in [0.5, 0.6) is 0 Å². The van der Waals surface area contributed by atoms with E-state index in [1.54, 1.807) is 0 Å². The Morgan fingerprint density at radius 2 is 2.06 bits per heavy atom. The number of hydrogen-bond acceptors (Lipinski definition) is 4. The summed E-state index contributed by atoms with van der Waals surface area (Å²) in [6, 6.07) is 2.64. The van der Waals surface area contributed by atoms with Gasteiger partial charge in [-0.1, -0.05) is 13.8 Å². The molecule has 0 atom stereocenters. The number of anilines is 1. The minimum Gasteiger partial charge on any atom is -0.338 e. The molecule has 0 aliphatic carbocycles. The zero-order valence-electron chi connectivity index (χ0n) is 10.5. The quantitative estimate of drug-likeness (QED) is 0.769. The van der Waals surface area contributed by atoms with Crippen molar-refractivity contribution in [1.29, 1.82) is 0 Å². The van der Waals surface area contributed by atoms with Crippen LogP contribution in [0.2, 0.25) is 0 Å². The molecule has 1 saturated heterocycles. The van der Waals surface area contributed by atoms with Crippen molar-refractivity contribution in [2.24, 2.45) is 0 Å². The van der Waals surface area contributed by atoms with Gasteiger partial charge >= 0.3 is 0 Å². The molecule has 0 radical (unpaired) electrons. The summed E-state index contributed by atoms with van der Waals surface area (Å²) in [6.45, 7) is 6.39. The normalized spacial score (nSPS) is 17.0. The Labute approximate surface area is 97.3 Å². The molecule has 0 N–H and O–H groups in total. The van der Waals surface area contributed by atoms with Crippen LogP contribution in [0.3, 0.4) is 0 Å². The summed E-state index contributed by atoms with van der Waals surface area (Å²) >= 11 is 0. The van der Waals surface area contributed by atoms with Crippen molar-refractivity contribution in [2.75, 3.05) is 32.1 Å². The Morgan fingerprint density at radius 3 is 2.62 bits per heavy atom. The largest absolute Gasteiger partial charge is 0.338 e. The molecule has 0 saturated carbocycles. The molecule has 1 fully saturated rings. The summed E-state index contributed by atoms with van der Waals surface area (Å²) in [7, 11) is 4.24. The molecule has 2 heterocycles. The van der Waals surface area contributed by atoms with Crippen molar-refractivity contribution in [2.45, 2.75) is 25.8 Å². The van der Waals surface area contributed by atoms with E-state index in [4.69, 9.17) is 0 Å². The van der Waals surface area contributed by atoms with E-state index in [1.807, 2.05) is 12.3 Å². The molecule has 88 valence electrons. The molecule has 1 aromatic rings. The van der Waals surface area contributed by atoms with Gasteiger partial charge in [0.1, 0.15) is 0 Å². The molecular weight excluding hydrogens is 200 g/mol. The van der Waals surface area contributed by atoms with Crippen LogP contribution in [0, 0.1) is 0 Å². The monoisotopic (exact) mass is 220 g/mol. The van der Waals surface area contributed by atoms with Gasteiger partial charge in [-0.2, -0.15) is 0 Å². The molecule has 4 heteroatoms. The van der Waals surface area contributed by atoms with Crippen LogP contribution in [0.25, 0.3) is 0 Å². The highest BCUT2D eigenvalue weighted by Crippen LogP contribution is 2.20. The predicted molar refractivity (Wildman–Crippen MR) is 65.8 cm³/mol. The van der Waals surface area contributed by atoms with E-state index in [9.17, 15) is 0 Å². The summed E-state index contributed by atoms with van der Waals surface area (Å²) in [5, 5.41) is 0. The van der Waals surface area contributed by atoms with Gasteiger partial charge in [0, 0.05) is 31.0 Å². The average Bonchev–Trinajstić information content (AvgIpc) is 2.15. The zero-order valence-corrected chi connectivity index (χ0v) is 10.5. The summed E-state index contributed by atoms with van der Waals surface area (Å²) in [4.78, 5) is 13.4. The lowest BCUT2D eigenvalue weighted by Gasteiger charge is -2.42. The molecular formula is C12H20N4. The lowest BCUT2D eigenvalue weighted by atomic mass is 10.1. The fourth-order valence-corrected chi connectivity index (χ4v) is 1.78. The summed E-state index contributed by atoms with van der Waals surface area (Å²) in [5.74, 6) is 1.34. The molecule has 16 heavy (non-hydrogen) atoms. The molecule has 0 aromatic carbocycles. The van der Waals surface area contributed by atoms with Crippen LogP contribution in [0.15, 0.2) is 12.3 Å². The van der Waals surface area contributed by atoms with Crippen molar-refractivity contribution in [3.8, 4) is 0 Å². The second kappa shape index (κ2) is 4.37. The van der Waals surface area contributed by atoms with Gasteiger partial charge in [0.25, 0.3) is 0 Å². The highest BCUT2D eigenvalue weighted by Gasteiger charge is 2.30. The Bertz CT molecular complexity index is 356. The maximum absolute atomic E-state index is 4.58. The molecule has 0 amide bonds. The first-order valence-electron chi connectivity index (χ1n) is 5.82. The van der Waals surface area contributed by atoms with Crippen LogP contribution < -0.4 is 4.90 Å². The number of aromatic nitrogens is 2. The summed E-state index contributed by atoms with van der Waals surface area (Å²) < 4.78 is 0. The fraction of sp³-hybridized carbons (Fsp3) is 0.667. The van der Waals surface area contributed by atoms with Gasteiger partial charge < -0.3 is 9.80 Å². The molecule has 1 aliphatic rings. The maximum Gasteiger partial charge on any atom is 0.225 e. The van der Waals surface area contributed by atoms with E-state index in [2.05, 4.69) is 47.7 Å². The topological polar surface area (TPSA) is 32.3 Å². The first-order valence-corrected chi connectivity index (χ1v) is 5.82. The van der Waals surface area contributed by atoms with Gasteiger partial charge in [0.05, 0.1) is 0 Å². The van der Waals surface area contributed by atoms with Crippen molar-refractivity contribution in [3.63, 3.8) is 0 Å². The third-order valence-electron chi connectivity index (χ3n) is 3.13. The van der Waals surface area contributed by atoms with Gasteiger partial charge in [-0.05, 0) is 26.1 Å². The van der Waals surface area contributed by atoms with Crippen LogP contribution in [-0.4, -0.2) is 48.1 Å². The van der Waals surface area contributed by atoms with Crippen molar-refractivity contribution in [1.82, 2.24) is 14.9 Å². The highest BCUT2D eigenvalue weighted by atomic mass is 15.3. The van der Waals surface area contributed by atoms with Gasteiger partial charge in [-0.3, -0.25) is 0 Å². The standard InChI is InChI=1S/C12H20N4/c1-9(2)11-5-6-13-12(14-11)16-7-10(8-16)15(3)4/h5-6,9-10H,7-8H2,1-4H3. The predicted octanol–water partition coefficient (Wildman–Crippen LogP) is 1.35. The van der Waals surface area contributed by atoms with Gasteiger partial charge in [0.15, 0.2) is 0 Å². The zero-order chi connectivity index (χ0) is 11.7. The second-order valence-corrected chi connectivity index (χ2v) is 4.96. The van der Waals surface area contributed by atoms with E-state index in [-0.39, 0.29) is 0 Å². The number of rotatable bonds is 3. The Hall–Kier alpha value is -1.16. The summed E-state index contributed by atoms with van der Waals surface area (Å²) in [6.07, 6.45) is 1.86. The fourth-order valence-electron chi connectivity index (χ4n) is 1.78. The van der Waals surface area contributed by atoms with Gasteiger partial charge in [-0.15, -0.1) is 0 Å². The van der Waals surface area contributed by atoms with E-state index in [1.165, 1.54) is 0 Å². The third kappa shape index (κ3) is 2.16.